The molecule has 0 aromatic heterocycles. The number of benzene rings is 1. The summed E-state index contributed by atoms with van der Waals surface area (Å²) in [5.74, 6) is 3.06. The molecule has 2 rings (SSSR count). The second kappa shape index (κ2) is 4.48. The lowest BCUT2D eigenvalue weighted by Gasteiger charge is -1.97. The molecule has 0 amide bonds. The third-order valence-electron chi connectivity index (χ3n) is 2.34. The maximum atomic E-state index is 5.34. The average Bonchev–Trinajstić information content (AvgIpc) is 2.79. The van der Waals surface area contributed by atoms with E-state index in [1.807, 2.05) is 18.2 Å². The second-order valence-electron chi connectivity index (χ2n) is 3.48. The van der Waals surface area contributed by atoms with Crippen LogP contribution in [0, 0.1) is 18.3 Å². The molecule has 0 spiro atoms. The molecule has 72 valence electrons. The van der Waals surface area contributed by atoms with Crippen molar-refractivity contribution in [1.82, 2.24) is 0 Å². The smallest absolute Gasteiger partial charge is 0.0248 e. The van der Waals surface area contributed by atoms with E-state index in [0.29, 0.717) is 5.92 Å². The molecule has 15 heavy (non-hydrogen) atoms. The van der Waals surface area contributed by atoms with E-state index >= 15 is 0 Å². The van der Waals surface area contributed by atoms with Gasteiger partial charge in [-0.15, -0.1) is 6.42 Å². The highest BCUT2D eigenvalue weighted by molar-refractivity contribution is 5.53. The van der Waals surface area contributed by atoms with Gasteiger partial charge >= 0.3 is 0 Å². The van der Waals surface area contributed by atoms with E-state index in [1.165, 1.54) is 0 Å². The van der Waals surface area contributed by atoms with Crippen molar-refractivity contribution in [3.8, 4) is 12.3 Å². The Morgan fingerprint density at radius 3 is 2.73 bits per heavy atom. The Balaban J connectivity index is 2.13. The summed E-state index contributed by atoms with van der Waals surface area (Å²) in [5, 5.41) is 0. The van der Waals surface area contributed by atoms with Crippen molar-refractivity contribution in [3.05, 3.63) is 65.8 Å². The van der Waals surface area contributed by atoms with E-state index in [4.69, 9.17) is 6.42 Å². The topological polar surface area (TPSA) is 0 Å². The minimum atomic E-state index is 0.430. The van der Waals surface area contributed by atoms with Crippen LogP contribution in [-0.2, 0) is 0 Å². The van der Waals surface area contributed by atoms with E-state index in [2.05, 4.69) is 48.4 Å². The zero-order valence-electron chi connectivity index (χ0n) is 8.43. The fraction of sp³-hybridized carbons (Fsp3) is 0.0667. The maximum Gasteiger partial charge on any atom is 0.0248 e. The summed E-state index contributed by atoms with van der Waals surface area (Å²) in [7, 11) is 0. The van der Waals surface area contributed by atoms with E-state index in [9.17, 15) is 0 Å². The molecule has 0 radical (unpaired) electrons. The van der Waals surface area contributed by atoms with Crippen molar-refractivity contribution < 1.29 is 0 Å². The summed E-state index contributed by atoms with van der Waals surface area (Å²) >= 11 is 0. The predicted octanol–water partition coefficient (Wildman–Crippen LogP) is 3.42. The number of terminal acetylenes is 1. The highest BCUT2D eigenvalue weighted by Gasteiger charge is 1.97. The van der Waals surface area contributed by atoms with Crippen LogP contribution in [0.5, 0.6) is 0 Å². The fourth-order valence-corrected chi connectivity index (χ4v) is 1.53. The SMILES string of the molecule is C#Cc1cccc(/C=C/C2C=CC=C2)c1. The fourth-order valence-electron chi connectivity index (χ4n) is 1.53. The zero-order valence-corrected chi connectivity index (χ0v) is 8.43. The van der Waals surface area contributed by atoms with Crippen molar-refractivity contribution in [1.29, 1.82) is 0 Å². The Morgan fingerprint density at radius 1 is 1.20 bits per heavy atom. The molecule has 1 aliphatic carbocycles. The first-order chi connectivity index (χ1) is 7.38. The van der Waals surface area contributed by atoms with E-state index in [0.717, 1.165) is 11.1 Å². The first kappa shape index (κ1) is 9.55. The quantitative estimate of drug-likeness (QED) is 0.630. The Hall–Kier alpha value is -2.00. The standard InChI is InChI=1S/C15H12/c1-2-13-8-5-9-15(12-13)11-10-14-6-3-4-7-14/h1,3-12,14H/b11-10+. The van der Waals surface area contributed by atoms with Crippen LogP contribution in [0.2, 0.25) is 0 Å². The van der Waals surface area contributed by atoms with E-state index < -0.39 is 0 Å². The molecule has 1 aliphatic rings. The Bertz CT molecular complexity index is 455. The Kier molecular flexibility index (Phi) is 2.85. The molecule has 0 aliphatic heterocycles. The van der Waals surface area contributed by atoms with Crippen LogP contribution in [0.3, 0.4) is 0 Å². The van der Waals surface area contributed by atoms with Gasteiger partial charge in [0.1, 0.15) is 0 Å². The van der Waals surface area contributed by atoms with Crippen molar-refractivity contribution in [3.63, 3.8) is 0 Å². The third kappa shape index (κ3) is 2.48. The van der Waals surface area contributed by atoms with Gasteiger partial charge in [0.2, 0.25) is 0 Å². The molecule has 0 N–H and O–H groups in total. The summed E-state index contributed by atoms with van der Waals surface area (Å²) in [6.07, 6.45) is 18.0. The van der Waals surface area contributed by atoms with Crippen LogP contribution >= 0.6 is 0 Å². The van der Waals surface area contributed by atoms with Gasteiger partial charge in [-0.05, 0) is 17.7 Å². The molecule has 0 saturated heterocycles. The number of hydrogen-bond acceptors (Lipinski definition) is 0. The lowest BCUT2D eigenvalue weighted by Crippen LogP contribution is -1.81. The molecular weight excluding hydrogens is 180 g/mol. The molecule has 1 aromatic carbocycles. The summed E-state index contributed by atoms with van der Waals surface area (Å²) in [4.78, 5) is 0. The highest BCUT2D eigenvalue weighted by Crippen LogP contribution is 2.13. The summed E-state index contributed by atoms with van der Waals surface area (Å²) in [5.41, 5.74) is 2.08. The van der Waals surface area contributed by atoms with Gasteiger partial charge in [0.25, 0.3) is 0 Å². The Morgan fingerprint density at radius 2 is 2.00 bits per heavy atom. The van der Waals surface area contributed by atoms with Crippen molar-refractivity contribution in [2.45, 2.75) is 0 Å². The predicted molar refractivity (Wildman–Crippen MR) is 65.2 cm³/mol. The lowest BCUT2D eigenvalue weighted by molar-refractivity contribution is 1.10. The third-order valence-corrected chi connectivity index (χ3v) is 2.34. The molecule has 0 heteroatoms. The molecule has 0 saturated carbocycles. The number of hydrogen-bond donors (Lipinski definition) is 0. The van der Waals surface area contributed by atoms with Crippen molar-refractivity contribution in [2.24, 2.45) is 5.92 Å². The van der Waals surface area contributed by atoms with Crippen LogP contribution in [0.25, 0.3) is 6.08 Å². The first-order valence-electron chi connectivity index (χ1n) is 4.98. The number of rotatable bonds is 2. The van der Waals surface area contributed by atoms with Gasteiger partial charge in [-0.25, -0.2) is 0 Å². The van der Waals surface area contributed by atoms with Gasteiger partial charge in [0, 0.05) is 11.5 Å². The van der Waals surface area contributed by atoms with Gasteiger partial charge in [-0.3, -0.25) is 0 Å². The molecule has 1 aromatic rings. The second-order valence-corrected chi connectivity index (χ2v) is 3.48. The molecule has 0 fully saturated rings. The van der Waals surface area contributed by atoms with Crippen LogP contribution in [0.4, 0.5) is 0 Å². The van der Waals surface area contributed by atoms with Crippen molar-refractivity contribution in [2.75, 3.05) is 0 Å². The zero-order chi connectivity index (χ0) is 10.5. The average molecular weight is 192 g/mol. The Labute approximate surface area is 90.6 Å². The van der Waals surface area contributed by atoms with Gasteiger partial charge in [-0.2, -0.15) is 0 Å². The largest absolute Gasteiger partial charge is 0.115 e. The van der Waals surface area contributed by atoms with Gasteiger partial charge < -0.3 is 0 Å². The van der Waals surface area contributed by atoms with E-state index in [-0.39, 0.29) is 0 Å². The van der Waals surface area contributed by atoms with Crippen LogP contribution in [-0.4, -0.2) is 0 Å². The van der Waals surface area contributed by atoms with Crippen LogP contribution in [0.15, 0.2) is 54.6 Å². The summed E-state index contributed by atoms with van der Waals surface area (Å²) in [6.45, 7) is 0. The molecule has 0 unspecified atom stereocenters. The molecule has 0 heterocycles. The highest BCUT2D eigenvalue weighted by atomic mass is 14.0. The first-order valence-corrected chi connectivity index (χ1v) is 4.98. The van der Waals surface area contributed by atoms with Gasteiger partial charge in [-0.1, -0.05) is 54.5 Å². The maximum absolute atomic E-state index is 5.34. The minimum Gasteiger partial charge on any atom is -0.115 e. The molecule has 0 atom stereocenters. The normalized spacial score (nSPS) is 14.9. The van der Waals surface area contributed by atoms with Crippen LogP contribution in [0.1, 0.15) is 11.1 Å². The molecular formula is C15H12. The van der Waals surface area contributed by atoms with Crippen LogP contribution < -0.4 is 0 Å². The monoisotopic (exact) mass is 192 g/mol. The van der Waals surface area contributed by atoms with Gasteiger partial charge in [0.05, 0.1) is 0 Å². The van der Waals surface area contributed by atoms with Crippen molar-refractivity contribution >= 4 is 6.08 Å². The summed E-state index contributed by atoms with van der Waals surface area (Å²) < 4.78 is 0. The minimum absolute atomic E-state index is 0.430. The molecule has 0 nitrogen and oxygen atoms in total. The lowest BCUT2D eigenvalue weighted by atomic mass is 10.1. The van der Waals surface area contributed by atoms with E-state index in [1.54, 1.807) is 0 Å². The van der Waals surface area contributed by atoms with Gasteiger partial charge in [0.15, 0.2) is 0 Å². The molecule has 0 bridgehead atoms. The summed E-state index contributed by atoms with van der Waals surface area (Å²) in [6, 6.07) is 7.99. The number of allylic oxidation sites excluding steroid dienone is 5.